The number of imidazole rings is 1. The molecular weight excluding hydrogens is 412 g/mol. The lowest BCUT2D eigenvalue weighted by Gasteiger charge is -2.33. The van der Waals surface area contributed by atoms with Crippen molar-refractivity contribution in [3.63, 3.8) is 0 Å². The summed E-state index contributed by atoms with van der Waals surface area (Å²) < 4.78 is 4.30. The molecule has 5 rings (SSSR count). The number of halogens is 1. The second-order valence-corrected chi connectivity index (χ2v) is 8.02. The molecule has 0 saturated carbocycles. The first-order valence-corrected chi connectivity index (χ1v) is 10.5. The number of carbonyl (C=O) groups excluding carboxylic acids is 1. The topological polar surface area (TPSA) is 82.0 Å². The maximum Gasteiger partial charge on any atom is 0.157 e. The number of rotatable bonds is 4. The van der Waals surface area contributed by atoms with Crippen LogP contribution in [0.15, 0.2) is 36.5 Å². The lowest BCUT2D eigenvalue weighted by atomic mass is 10.0. The van der Waals surface area contributed by atoms with Crippen molar-refractivity contribution in [3.05, 3.63) is 42.1 Å². The molecule has 1 atom stereocenters. The molecule has 1 fully saturated rings. The molecule has 0 bridgehead atoms. The molecule has 2 N–H and O–H groups in total. The molecule has 0 unspecified atom stereocenters. The molecule has 0 spiro atoms. The summed E-state index contributed by atoms with van der Waals surface area (Å²) in [6, 6.07) is 10.2. The molecule has 162 valence electrons. The van der Waals surface area contributed by atoms with E-state index in [1.807, 2.05) is 31.4 Å². The highest BCUT2D eigenvalue weighted by molar-refractivity contribution is 6.01. The highest BCUT2D eigenvalue weighted by Gasteiger charge is 2.25. The zero-order valence-corrected chi connectivity index (χ0v) is 18.6. The minimum Gasteiger partial charge on any atom is -0.368 e. The third-order valence-electron chi connectivity index (χ3n) is 6.16. The summed E-state index contributed by atoms with van der Waals surface area (Å²) >= 11 is 0. The number of carbonyl (C=O) groups is 1. The molecule has 0 radical (unpaired) electrons. The standard InChI is InChI=1S/C23H26N6O.ClH/c1-3-29-19(12-15-6-4-10-25-22(15)29)23-26-20-18(27(23)2)9-8-16(14-30)21(20)28-11-5-7-17(24)13-28;/h4,6,8-10,12,14,17H,3,5,7,11,13,24H2,1-2H3;1H/t17-;/m1./s1. The summed E-state index contributed by atoms with van der Waals surface area (Å²) in [5, 5.41) is 1.09. The molecule has 1 aliphatic heterocycles. The van der Waals surface area contributed by atoms with Gasteiger partial charge >= 0.3 is 0 Å². The number of nitrogens with zero attached hydrogens (tertiary/aromatic N) is 5. The highest BCUT2D eigenvalue weighted by Crippen LogP contribution is 2.35. The first kappa shape index (κ1) is 21.3. The number of aromatic nitrogens is 4. The Morgan fingerprint density at radius 1 is 1.29 bits per heavy atom. The summed E-state index contributed by atoms with van der Waals surface area (Å²) in [5.74, 6) is 0.871. The van der Waals surface area contributed by atoms with Gasteiger partial charge in [0.15, 0.2) is 12.1 Å². The molecule has 8 heteroatoms. The summed E-state index contributed by atoms with van der Waals surface area (Å²) in [4.78, 5) is 23.7. The fourth-order valence-electron chi connectivity index (χ4n) is 4.72. The van der Waals surface area contributed by atoms with Crippen LogP contribution >= 0.6 is 12.4 Å². The minimum atomic E-state index is 0. The number of benzene rings is 1. The van der Waals surface area contributed by atoms with Gasteiger partial charge in [0.2, 0.25) is 0 Å². The number of hydrogen-bond acceptors (Lipinski definition) is 5. The number of aryl methyl sites for hydroxylation is 2. The van der Waals surface area contributed by atoms with E-state index in [2.05, 4.69) is 38.1 Å². The summed E-state index contributed by atoms with van der Waals surface area (Å²) in [6.07, 6.45) is 4.78. The average Bonchev–Trinajstić information content (AvgIpc) is 3.30. The van der Waals surface area contributed by atoms with Crippen LogP contribution in [0.1, 0.15) is 30.1 Å². The predicted molar refractivity (Wildman–Crippen MR) is 127 cm³/mol. The summed E-state index contributed by atoms with van der Waals surface area (Å²) in [5.41, 5.74) is 11.6. The highest BCUT2D eigenvalue weighted by atomic mass is 35.5. The van der Waals surface area contributed by atoms with Crippen LogP contribution in [-0.4, -0.2) is 44.5 Å². The van der Waals surface area contributed by atoms with Crippen LogP contribution in [0, 0.1) is 0 Å². The van der Waals surface area contributed by atoms with E-state index in [0.717, 1.165) is 78.0 Å². The smallest absolute Gasteiger partial charge is 0.157 e. The van der Waals surface area contributed by atoms with Gasteiger partial charge in [-0.2, -0.15) is 0 Å². The number of piperidine rings is 1. The van der Waals surface area contributed by atoms with Crippen LogP contribution in [0.4, 0.5) is 5.69 Å². The van der Waals surface area contributed by atoms with E-state index in [1.54, 1.807) is 0 Å². The van der Waals surface area contributed by atoms with Crippen molar-refractivity contribution >= 4 is 46.4 Å². The lowest BCUT2D eigenvalue weighted by Crippen LogP contribution is -2.43. The number of pyridine rings is 1. The molecule has 31 heavy (non-hydrogen) atoms. The van der Waals surface area contributed by atoms with E-state index < -0.39 is 0 Å². The number of fused-ring (bicyclic) bond motifs is 2. The van der Waals surface area contributed by atoms with Gasteiger partial charge in [0.1, 0.15) is 11.2 Å². The van der Waals surface area contributed by atoms with Crippen molar-refractivity contribution in [3.8, 4) is 11.5 Å². The van der Waals surface area contributed by atoms with Gasteiger partial charge < -0.3 is 19.8 Å². The number of hydrogen-bond donors (Lipinski definition) is 1. The Hall–Kier alpha value is -2.90. The van der Waals surface area contributed by atoms with Crippen LogP contribution < -0.4 is 10.6 Å². The molecule has 0 aliphatic carbocycles. The third kappa shape index (κ3) is 3.38. The van der Waals surface area contributed by atoms with E-state index in [9.17, 15) is 4.79 Å². The Kier molecular flexibility index (Phi) is 5.73. The zero-order chi connectivity index (χ0) is 20.8. The van der Waals surface area contributed by atoms with E-state index in [0.29, 0.717) is 5.56 Å². The number of nitrogens with two attached hydrogens (primary N) is 1. The van der Waals surface area contributed by atoms with Gasteiger partial charge in [-0.3, -0.25) is 4.79 Å². The van der Waals surface area contributed by atoms with Crippen molar-refractivity contribution in [2.75, 3.05) is 18.0 Å². The largest absolute Gasteiger partial charge is 0.368 e. The van der Waals surface area contributed by atoms with Crippen molar-refractivity contribution in [1.82, 2.24) is 19.1 Å². The second-order valence-electron chi connectivity index (χ2n) is 8.02. The van der Waals surface area contributed by atoms with E-state index in [1.165, 1.54) is 0 Å². The van der Waals surface area contributed by atoms with Crippen molar-refractivity contribution in [1.29, 1.82) is 0 Å². The van der Waals surface area contributed by atoms with Crippen LogP contribution in [0.3, 0.4) is 0 Å². The number of aldehydes is 1. The maximum absolute atomic E-state index is 11.9. The molecule has 1 aliphatic rings. The van der Waals surface area contributed by atoms with Gasteiger partial charge in [0.05, 0.1) is 16.9 Å². The fourth-order valence-corrected chi connectivity index (χ4v) is 4.72. The predicted octanol–water partition coefficient (Wildman–Crippen LogP) is 3.77. The Morgan fingerprint density at radius 2 is 2.13 bits per heavy atom. The van der Waals surface area contributed by atoms with Gasteiger partial charge in [0.25, 0.3) is 0 Å². The molecule has 1 aromatic carbocycles. The van der Waals surface area contributed by atoms with Crippen LogP contribution in [0.5, 0.6) is 0 Å². The molecule has 1 saturated heterocycles. The Bertz CT molecular complexity index is 1260. The quantitative estimate of drug-likeness (QED) is 0.490. The Labute approximate surface area is 187 Å². The van der Waals surface area contributed by atoms with E-state index in [4.69, 9.17) is 10.7 Å². The van der Waals surface area contributed by atoms with Crippen molar-refractivity contribution in [2.45, 2.75) is 32.4 Å². The average molecular weight is 439 g/mol. The summed E-state index contributed by atoms with van der Waals surface area (Å²) in [7, 11) is 2.03. The van der Waals surface area contributed by atoms with Crippen LogP contribution in [-0.2, 0) is 13.6 Å². The van der Waals surface area contributed by atoms with Gasteiger partial charge in [-0.1, -0.05) is 0 Å². The zero-order valence-electron chi connectivity index (χ0n) is 17.8. The third-order valence-corrected chi connectivity index (χ3v) is 6.16. The second kappa shape index (κ2) is 8.32. The monoisotopic (exact) mass is 438 g/mol. The fraction of sp³-hybridized carbons (Fsp3) is 0.348. The first-order valence-electron chi connectivity index (χ1n) is 10.5. The molecule has 3 aromatic heterocycles. The van der Waals surface area contributed by atoms with E-state index >= 15 is 0 Å². The molecular formula is C23H27ClN6O. The summed E-state index contributed by atoms with van der Waals surface area (Å²) in [6.45, 7) is 4.54. The molecule has 0 amide bonds. The minimum absolute atomic E-state index is 0. The van der Waals surface area contributed by atoms with Crippen LogP contribution in [0.2, 0.25) is 0 Å². The van der Waals surface area contributed by atoms with Gasteiger partial charge in [-0.15, -0.1) is 12.4 Å². The number of anilines is 1. The van der Waals surface area contributed by atoms with Crippen molar-refractivity contribution < 1.29 is 4.79 Å². The van der Waals surface area contributed by atoms with E-state index in [-0.39, 0.29) is 18.4 Å². The van der Waals surface area contributed by atoms with Crippen LogP contribution in [0.25, 0.3) is 33.6 Å². The van der Waals surface area contributed by atoms with Gasteiger partial charge in [0, 0.05) is 49.9 Å². The Balaban J connectivity index is 0.00000231. The lowest BCUT2D eigenvalue weighted by molar-refractivity contribution is 0.112. The molecule has 7 nitrogen and oxygen atoms in total. The van der Waals surface area contributed by atoms with Crippen molar-refractivity contribution in [2.24, 2.45) is 12.8 Å². The molecule has 4 heterocycles. The molecule has 4 aromatic rings. The maximum atomic E-state index is 11.9. The first-order chi connectivity index (χ1) is 14.6. The SMILES string of the molecule is CCn1c(-c2nc3c(N4CCC[C@@H](N)C4)c(C=O)ccc3n2C)cc2cccnc21.Cl. The normalized spacial score (nSPS) is 16.6. The Morgan fingerprint density at radius 3 is 2.87 bits per heavy atom. The van der Waals surface area contributed by atoms with Gasteiger partial charge in [-0.25, -0.2) is 9.97 Å². The van der Waals surface area contributed by atoms with Gasteiger partial charge in [-0.05, 0) is 50.1 Å².